The van der Waals surface area contributed by atoms with Crippen LogP contribution in [0.3, 0.4) is 0 Å². The first-order valence-electron chi connectivity index (χ1n) is 11.9. The van der Waals surface area contributed by atoms with E-state index in [-0.39, 0.29) is 37.7 Å². The zero-order valence-electron chi connectivity index (χ0n) is 21.3. The average Bonchev–Trinajstić information content (AvgIpc) is 3.30. The maximum Gasteiger partial charge on any atom is 0.326 e. The molecule has 0 saturated heterocycles. The molecule has 0 aliphatic heterocycles. The van der Waals surface area contributed by atoms with Crippen molar-refractivity contribution in [3.63, 3.8) is 0 Å². The highest BCUT2D eigenvalue weighted by atomic mass is 16.4. The second-order valence-corrected chi connectivity index (χ2v) is 9.15. The lowest BCUT2D eigenvalue weighted by Crippen LogP contribution is -2.60. The Labute approximate surface area is 215 Å². The summed E-state index contributed by atoms with van der Waals surface area (Å²) in [6.45, 7) is 5.04. The van der Waals surface area contributed by atoms with Crippen LogP contribution in [0.15, 0.2) is 17.5 Å². The van der Waals surface area contributed by atoms with Gasteiger partial charge in [0.1, 0.15) is 18.1 Å². The van der Waals surface area contributed by atoms with Crippen LogP contribution < -0.4 is 33.2 Å². The second-order valence-electron chi connectivity index (χ2n) is 9.15. The van der Waals surface area contributed by atoms with Crippen LogP contribution in [0.5, 0.6) is 0 Å². The van der Waals surface area contributed by atoms with Crippen molar-refractivity contribution in [1.82, 2.24) is 25.9 Å². The van der Waals surface area contributed by atoms with E-state index >= 15 is 0 Å². The Morgan fingerprint density at radius 1 is 1.05 bits per heavy atom. The summed E-state index contributed by atoms with van der Waals surface area (Å²) < 4.78 is 0. The fourth-order valence-electron chi connectivity index (χ4n) is 3.39. The van der Waals surface area contributed by atoms with E-state index in [9.17, 15) is 29.4 Å². The maximum atomic E-state index is 13.1. The van der Waals surface area contributed by atoms with Gasteiger partial charge in [-0.15, -0.1) is 0 Å². The minimum atomic E-state index is -1.47. The first-order chi connectivity index (χ1) is 17.3. The Morgan fingerprint density at radius 3 is 2.22 bits per heavy atom. The minimum Gasteiger partial charge on any atom is -0.480 e. The summed E-state index contributed by atoms with van der Waals surface area (Å²) >= 11 is 0. The van der Waals surface area contributed by atoms with Gasteiger partial charge < -0.3 is 48.3 Å². The fraction of sp³-hybridized carbons (Fsp3) is 0.636. The van der Waals surface area contributed by atoms with Crippen LogP contribution in [-0.2, 0) is 25.6 Å². The Balaban J connectivity index is 2.97. The highest BCUT2D eigenvalue weighted by Crippen LogP contribution is 2.07. The summed E-state index contributed by atoms with van der Waals surface area (Å²) in [7, 11) is 0. The molecule has 1 rings (SSSR count). The molecule has 0 spiro atoms. The van der Waals surface area contributed by atoms with Gasteiger partial charge in [0, 0.05) is 24.9 Å². The van der Waals surface area contributed by atoms with Crippen molar-refractivity contribution in [3.8, 4) is 0 Å². The van der Waals surface area contributed by atoms with E-state index in [0.717, 1.165) is 0 Å². The third kappa shape index (κ3) is 11.7. The molecule has 15 nitrogen and oxygen atoms in total. The number of aliphatic hydroxyl groups is 1. The number of guanidine groups is 1. The van der Waals surface area contributed by atoms with Gasteiger partial charge >= 0.3 is 5.97 Å². The van der Waals surface area contributed by atoms with Crippen LogP contribution in [0.2, 0.25) is 0 Å². The largest absolute Gasteiger partial charge is 0.480 e. The number of aliphatic imine (C=N–C) groups is 1. The smallest absolute Gasteiger partial charge is 0.326 e. The van der Waals surface area contributed by atoms with Crippen molar-refractivity contribution in [1.29, 1.82) is 0 Å². The molecule has 0 fully saturated rings. The number of aromatic amines is 1. The number of nitrogens with one attached hydrogen (secondary N) is 4. The molecule has 0 aliphatic carbocycles. The molecule has 1 aromatic heterocycles. The second kappa shape index (κ2) is 15.4. The maximum absolute atomic E-state index is 13.1. The summed E-state index contributed by atoms with van der Waals surface area (Å²) in [5.74, 6) is -3.68. The number of carboxylic acid groups (broad SMARTS) is 1. The lowest BCUT2D eigenvalue weighted by atomic mass is 10.0. The number of aromatic nitrogens is 2. The summed E-state index contributed by atoms with van der Waals surface area (Å²) in [6.07, 6.45) is 2.27. The number of amides is 3. The molecule has 0 saturated carbocycles. The third-order valence-corrected chi connectivity index (χ3v) is 5.29. The number of imidazole rings is 1. The molecular weight excluding hydrogens is 486 g/mol. The Morgan fingerprint density at radius 2 is 1.70 bits per heavy atom. The molecule has 1 aromatic rings. The first-order valence-corrected chi connectivity index (χ1v) is 11.9. The highest BCUT2D eigenvalue weighted by Gasteiger charge is 2.32. The molecule has 5 atom stereocenters. The predicted molar refractivity (Wildman–Crippen MR) is 135 cm³/mol. The van der Waals surface area contributed by atoms with Crippen LogP contribution in [0.1, 0.15) is 45.7 Å². The van der Waals surface area contributed by atoms with Gasteiger partial charge in [0.05, 0.1) is 18.5 Å². The van der Waals surface area contributed by atoms with E-state index in [1.54, 1.807) is 13.8 Å². The molecule has 0 bridgehead atoms. The van der Waals surface area contributed by atoms with Gasteiger partial charge in [-0.3, -0.25) is 19.4 Å². The molecule has 1 heterocycles. The van der Waals surface area contributed by atoms with Crippen LogP contribution in [0, 0.1) is 5.92 Å². The van der Waals surface area contributed by atoms with Gasteiger partial charge in [-0.1, -0.05) is 13.8 Å². The van der Waals surface area contributed by atoms with E-state index in [2.05, 4.69) is 30.9 Å². The number of carbonyl (C=O) groups is 4. The highest BCUT2D eigenvalue weighted by molar-refractivity contribution is 5.94. The number of hydrogen-bond acceptors (Lipinski definition) is 8. The van der Waals surface area contributed by atoms with Crippen LogP contribution in [0.4, 0.5) is 0 Å². The number of carbonyl (C=O) groups excluding carboxylic acids is 3. The zero-order chi connectivity index (χ0) is 28.1. The number of hydrogen-bond donors (Lipinski definition) is 9. The van der Waals surface area contributed by atoms with Gasteiger partial charge in [-0.2, -0.15) is 0 Å². The van der Waals surface area contributed by atoms with E-state index in [0.29, 0.717) is 12.1 Å². The number of aliphatic carboxylic acids is 1. The van der Waals surface area contributed by atoms with Crippen LogP contribution in [0.25, 0.3) is 0 Å². The SMILES string of the molecule is CC(C)CC(NC(=O)C(NC(=O)C(CCCN=C(N)N)NC(=O)C(N)Cc1cnc[nH]1)C(C)O)C(=O)O. The number of nitrogens with two attached hydrogens (primary N) is 3. The van der Waals surface area contributed by atoms with E-state index < -0.39 is 54.0 Å². The van der Waals surface area contributed by atoms with Crippen molar-refractivity contribution in [2.45, 2.75) is 76.7 Å². The van der Waals surface area contributed by atoms with E-state index in [1.807, 2.05) is 0 Å². The van der Waals surface area contributed by atoms with E-state index in [4.69, 9.17) is 17.2 Å². The van der Waals surface area contributed by atoms with Gasteiger partial charge in [0.15, 0.2) is 5.96 Å². The Kier molecular flexibility index (Phi) is 13.0. The van der Waals surface area contributed by atoms with Crippen molar-refractivity contribution >= 4 is 29.7 Å². The molecule has 37 heavy (non-hydrogen) atoms. The number of aliphatic hydroxyl groups excluding tert-OH is 1. The normalized spacial score (nSPS) is 15.1. The van der Waals surface area contributed by atoms with Crippen LogP contribution in [-0.4, -0.2) is 86.6 Å². The summed E-state index contributed by atoms with van der Waals surface area (Å²) in [5.41, 5.74) is 17.2. The zero-order valence-corrected chi connectivity index (χ0v) is 21.3. The van der Waals surface area contributed by atoms with Gasteiger partial charge in [-0.05, 0) is 32.1 Å². The quantitative estimate of drug-likeness (QED) is 0.0612. The van der Waals surface area contributed by atoms with Crippen molar-refractivity contribution in [3.05, 3.63) is 18.2 Å². The standard InChI is InChI=1S/C22H39N9O6/c1-11(2)7-16(21(36)37)30-20(35)17(12(3)32)31-19(34)15(5-4-6-27-22(24)25)29-18(33)14(23)8-13-9-26-10-28-13/h9-12,14-17,32H,4-8,23H2,1-3H3,(H,26,28)(H,29,33)(H,30,35)(H,31,34)(H,36,37)(H4,24,25,27). The summed E-state index contributed by atoms with van der Waals surface area (Å²) in [5, 5.41) is 26.9. The molecule has 12 N–H and O–H groups in total. The van der Waals surface area contributed by atoms with Gasteiger partial charge in [-0.25, -0.2) is 9.78 Å². The molecule has 3 amide bonds. The third-order valence-electron chi connectivity index (χ3n) is 5.29. The Hall–Kier alpha value is -3.72. The molecule has 0 aliphatic rings. The Bertz CT molecular complexity index is 916. The van der Waals surface area contributed by atoms with Gasteiger partial charge in [0.25, 0.3) is 0 Å². The molecule has 15 heteroatoms. The summed E-state index contributed by atoms with van der Waals surface area (Å²) in [6, 6.07) is -4.83. The van der Waals surface area contributed by atoms with Crippen LogP contribution >= 0.6 is 0 Å². The lowest BCUT2D eigenvalue weighted by molar-refractivity contribution is -0.143. The number of carboxylic acids is 1. The molecular formula is C22H39N9O6. The molecule has 208 valence electrons. The number of rotatable bonds is 16. The van der Waals surface area contributed by atoms with Crippen molar-refractivity contribution < 1.29 is 29.4 Å². The fourth-order valence-corrected chi connectivity index (χ4v) is 3.39. The predicted octanol–water partition coefficient (Wildman–Crippen LogP) is -2.70. The topological polar surface area (TPSA) is 264 Å². The molecule has 5 unspecified atom stereocenters. The first kappa shape index (κ1) is 31.3. The average molecular weight is 526 g/mol. The lowest BCUT2D eigenvalue weighted by Gasteiger charge is -2.27. The number of H-pyrrole nitrogens is 1. The summed E-state index contributed by atoms with van der Waals surface area (Å²) in [4.78, 5) is 60.6. The monoisotopic (exact) mass is 525 g/mol. The number of nitrogens with zero attached hydrogens (tertiary/aromatic N) is 2. The van der Waals surface area contributed by atoms with Crippen molar-refractivity contribution in [2.24, 2.45) is 28.1 Å². The van der Waals surface area contributed by atoms with E-state index in [1.165, 1.54) is 19.4 Å². The van der Waals surface area contributed by atoms with Gasteiger partial charge in [0.2, 0.25) is 17.7 Å². The minimum absolute atomic E-state index is 0.0308. The molecule has 0 aromatic carbocycles. The molecule has 0 radical (unpaired) electrons. The van der Waals surface area contributed by atoms with Crippen molar-refractivity contribution in [2.75, 3.05) is 6.54 Å².